The van der Waals surface area contributed by atoms with Gasteiger partial charge in [0.15, 0.2) is 5.69 Å². The number of aryl methyl sites for hydroxylation is 1. The van der Waals surface area contributed by atoms with Crippen molar-refractivity contribution in [2.24, 2.45) is 0 Å². The number of hydrogen-bond donors (Lipinski definition) is 1. The summed E-state index contributed by atoms with van der Waals surface area (Å²) in [5.74, 6) is -1.02. The van der Waals surface area contributed by atoms with Gasteiger partial charge in [-0.3, -0.25) is 4.98 Å². The maximum absolute atomic E-state index is 10.7. The molecular formula is C10H9N3O2. The molecule has 0 spiro atoms. The lowest BCUT2D eigenvalue weighted by molar-refractivity contribution is 0.0690. The molecule has 0 radical (unpaired) electrons. The Kier molecular flexibility index (Phi) is 2.21. The van der Waals surface area contributed by atoms with Crippen LogP contribution >= 0.6 is 0 Å². The number of aromatic carboxylic acids is 1. The lowest BCUT2D eigenvalue weighted by atomic mass is 10.3. The molecule has 0 aliphatic rings. The van der Waals surface area contributed by atoms with E-state index in [4.69, 9.17) is 5.11 Å². The zero-order valence-corrected chi connectivity index (χ0v) is 8.08. The highest BCUT2D eigenvalue weighted by Crippen LogP contribution is 2.10. The van der Waals surface area contributed by atoms with Gasteiger partial charge in [-0.1, -0.05) is 0 Å². The standard InChI is InChI=1S/C10H9N3O2/c1-7-6-9(10(14)15)12-13(7)8-2-4-11-5-3-8/h2-6H,1H3,(H,14,15). The van der Waals surface area contributed by atoms with Crippen molar-refractivity contribution in [1.29, 1.82) is 0 Å². The Labute approximate surface area is 86.0 Å². The second kappa shape index (κ2) is 3.53. The fraction of sp³-hybridized carbons (Fsp3) is 0.100. The molecule has 15 heavy (non-hydrogen) atoms. The third-order valence-electron chi connectivity index (χ3n) is 2.01. The first-order valence-electron chi connectivity index (χ1n) is 4.39. The van der Waals surface area contributed by atoms with Gasteiger partial charge in [-0.15, -0.1) is 0 Å². The topological polar surface area (TPSA) is 68.0 Å². The van der Waals surface area contributed by atoms with Gasteiger partial charge in [-0.05, 0) is 25.1 Å². The van der Waals surface area contributed by atoms with E-state index in [1.54, 1.807) is 36.1 Å². The van der Waals surface area contributed by atoms with E-state index in [0.717, 1.165) is 11.4 Å². The van der Waals surface area contributed by atoms with Crippen LogP contribution in [0.5, 0.6) is 0 Å². The molecular weight excluding hydrogens is 194 g/mol. The SMILES string of the molecule is Cc1cc(C(=O)O)nn1-c1ccncc1. The van der Waals surface area contributed by atoms with E-state index < -0.39 is 5.97 Å². The summed E-state index contributed by atoms with van der Waals surface area (Å²) < 4.78 is 1.57. The summed E-state index contributed by atoms with van der Waals surface area (Å²) in [6, 6.07) is 5.07. The smallest absolute Gasteiger partial charge is 0.356 e. The van der Waals surface area contributed by atoms with Crippen molar-refractivity contribution in [2.45, 2.75) is 6.92 Å². The molecule has 0 unspecified atom stereocenters. The van der Waals surface area contributed by atoms with Gasteiger partial charge in [-0.2, -0.15) is 5.10 Å². The molecule has 0 atom stereocenters. The average Bonchev–Trinajstić information content (AvgIpc) is 2.62. The molecule has 0 amide bonds. The number of nitrogens with zero attached hydrogens (tertiary/aromatic N) is 3. The largest absolute Gasteiger partial charge is 0.476 e. The lowest BCUT2D eigenvalue weighted by Crippen LogP contribution is -2.02. The summed E-state index contributed by atoms with van der Waals surface area (Å²) in [5, 5.41) is 12.8. The van der Waals surface area contributed by atoms with E-state index in [9.17, 15) is 4.79 Å². The van der Waals surface area contributed by atoms with Gasteiger partial charge in [0.25, 0.3) is 0 Å². The van der Waals surface area contributed by atoms with Gasteiger partial charge in [0.05, 0.1) is 5.69 Å². The second-order valence-electron chi connectivity index (χ2n) is 3.09. The number of pyridine rings is 1. The highest BCUT2D eigenvalue weighted by atomic mass is 16.4. The molecule has 2 aromatic rings. The van der Waals surface area contributed by atoms with Crippen LogP contribution in [0.4, 0.5) is 0 Å². The summed E-state index contributed by atoms with van der Waals surface area (Å²) in [5.41, 5.74) is 1.62. The Morgan fingerprint density at radius 2 is 2.07 bits per heavy atom. The monoisotopic (exact) mass is 203 g/mol. The van der Waals surface area contributed by atoms with Crippen molar-refractivity contribution >= 4 is 5.97 Å². The summed E-state index contributed by atoms with van der Waals surface area (Å²) in [6.45, 7) is 1.81. The first kappa shape index (κ1) is 9.39. The molecule has 0 aliphatic heterocycles. The third-order valence-corrected chi connectivity index (χ3v) is 2.01. The van der Waals surface area contributed by atoms with E-state index in [1.165, 1.54) is 6.07 Å². The molecule has 0 saturated carbocycles. The molecule has 0 fully saturated rings. The van der Waals surface area contributed by atoms with E-state index >= 15 is 0 Å². The molecule has 5 nitrogen and oxygen atoms in total. The van der Waals surface area contributed by atoms with Crippen LogP contribution < -0.4 is 0 Å². The van der Waals surface area contributed by atoms with Gasteiger partial charge < -0.3 is 5.11 Å². The average molecular weight is 203 g/mol. The maximum atomic E-state index is 10.7. The van der Waals surface area contributed by atoms with Crippen LogP contribution in [0.15, 0.2) is 30.6 Å². The molecule has 0 bridgehead atoms. The molecule has 0 aliphatic carbocycles. The van der Waals surface area contributed by atoms with Crippen molar-refractivity contribution in [1.82, 2.24) is 14.8 Å². The molecule has 76 valence electrons. The van der Waals surface area contributed by atoms with Crippen LogP contribution in [0.3, 0.4) is 0 Å². The minimum atomic E-state index is -1.02. The molecule has 0 aromatic carbocycles. The number of rotatable bonds is 2. The lowest BCUT2D eigenvalue weighted by Gasteiger charge is -2.01. The second-order valence-corrected chi connectivity index (χ2v) is 3.09. The Morgan fingerprint density at radius 1 is 1.40 bits per heavy atom. The van der Waals surface area contributed by atoms with Crippen molar-refractivity contribution < 1.29 is 9.90 Å². The summed E-state index contributed by atoms with van der Waals surface area (Å²) in [4.78, 5) is 14.6. The minimum absolute atomic E-state index is 0.0457. The molecule has 0 saturated heterocycles. The number of hydrogen-bond acceptors (Lipinski definition) is 3. The Bertz CT molecular complexity index is 491. The van der Waals surface area contributed by atoms with Crippen LogP contribution in [0.2, 0.25) is 0 Å². The number of carboxylic acids is 1. The first-order chi connectivity index (χ1) is 7.18. The zero-order chi connectivity index (χ0) is 10.8. The van der Waals surface area contributed by atoms with Crippen molar-refractivity contribution in [2.75, 3.05) is 0 Å². The fourth-order valence-electron chi connectivity index (χ4n) is 1.33. The van der Waals surface area contributed by atoms with Crippen LogP contribution in [-0.2, 0) is 0 Å². The van der Waals surface area contributed by atoms with Crippen molar-refractivity contribution in [3.63, 3.8) is 0 Å². The van der Waals surface area contributed by atoms with Crippen molar-refractivity contribution in [3.8, 4) is 5.69 Å². The number of carbonyl (C=O) groups is 1. The first-order valence-corrected chi connectivity index (χ1v) is 4.39. The number of carboxylic acid groups (broad SMARTS) is 1. The van der Waals surface area contributed by atoms with Gasteiger partial charge in [0, 0.05) is 18.1 Å². The quantitative estimate of drug-likeness (QED) is 0.798. The Balaban J connectivity index is 2.50. The van der Waals surface area contributed by atoms with Gasteiger partial charge >= 0.3 is 5.97 Å². The third kappa shape index (κ3) is 1.71. The van der Waals surface area contributed by atoms with Gasteiger partial charge in [-0.25, -0.2) is 9.48 Å². The highest BCUT2D eigenvalue weighted by Gasteiger charge is 2.10. The van der Waals surface area contributed by atoms with E-state index in [2.05, 4.69) is 10.1 Å². The van der Waals surface area contributed by atoms with Crippen LogP contribution in [0.25, 0.3) is 5.69 Å². The molecule has 1 N–H and O–H groups in total. The van der Waals surface area contributed by atoms with E-state index in [1.807, 2.05) is 0 Å². The fourth-order valence-corrected chi connectivity index (χ4v) is 1.33. The summed E-state index contributed by atoms with van der Waals surface area (Å²) >= 11 is 0. The predicted octanol–water partition coefficient (Wildman–Crippen LogP) is 1.27. The van der Waals surface area contributed by atoms with E-state index in [-0.39, 0.29) is 5.69 Å². The Morgan fingerprint density at radius 3 is 2.60 bits per heavy atom. The van der Waals surface area contributed by atoms with Crippen molar-refractivity contribution in [3.05, 3.63) is 42.0 Å². The predicted molar refractivity (Wildman–Crippen MR) is 53.1 cm³/mol. The Hall–Kier alpha value is -2.17. The highest BCUT2D eigenvalue weighted by molar-refractivity contribution is 5.85. The van der Waals surface area contributed by atoms with Gasteiger partial charge in [0.1, 0.15) is 0 Å². The summed E-state index contributed by atoms with van der Waals surface area (Å²) in [7, 11) is 0. The van der Waals surface area contributed by atoms with Crippen LogP contribution in [0.1, 0.15) is 16.2 Å². The maximum Gasteiger partial charge on any atom is 0.356 e. The van der Waals surface area contributed by atoms with Crippen LogP contribution in [-0.4, -0.2) is 25.8 Å². The molecule has 2 heterocycles. The van der Waals surface area contributed by atoms with Gasteiger partial charge in [0.2, 0.25) is 0 Å². The zero-order valence-electron chi connectivity index (χ0n) is 8.08. The van der Waals surface area contributed by atoms with E-state index in [0.29, 0.717) is 0 Å². The normalized spacial score (nSPS) is 10.2. The minimum Gasteiger partial charge on any atom is -0.476 e. The summed E-state index contributed by atoms with van der Waals surface area (Å²) in [6.07, 6.45) is 3.27. The molecule has 2 rings (SSSR count). The number of aromatic nitrogens is 3. The van der Waals surface area contributed by atoms with Crippen LogP contribution in [0, 0.1) is 6.92 Å². The molecule has 2 aromatic heterocycles. The molecule has 5 heteroatoms.